The lowest BCUT2D eigenvalue weighted by molar-refractivity contribution is -0.143. The fraction of sp³-hybridized carbons (Fsp3) is 0.286. The van der Waals surface area contributed by atoms with Crippen molar-refractivity contribution in [3.05, 3.63) is 58.9 Å². The number of nitrogens with one attached hydrogen (secondary N) is 1. The summed E-state index contributed by atoms with van der Waals surface area (Å²) in [6.45, 7) is 4.67. The summed E-state index contributed by atoms with van der Waals surface area (Å²) in [5, 5.41) is 2.42. The fourth-order valence-electron chi connectivity index (χ4n) is 2.43. The molecule has 0 fully saturated rings. The topological polar surface area (TPSA) is 81.7 Å². The van der Waals surface area contributed by atoms with Crippen LogP contribution >= 0.6 is 0 Å². The van der Waals surface area contributed by atoms with Gasteiger partial charge < -0.3 is 14.8 Å². The fourth-order valence-corrected chi connectivity index (χ4v) is 2.43. The SMILES string of the molecule is CC(=O)Nc1ccc(C(=O)COC(=O)CCOc2cc(C)ccc2C)c(F)c1. The number of carbonyl (C=O) groups excluding carboxylic acids is 3. The van der Waals surface area contributed by atoms with Gasteiger partial charge in [0.1, 0.15) is 11.6 Å². The Bertz CT molecular complexity index is 894. The summed E-state index contributed by atoms with van der Waals surface area (Å²) in [5.74, 6) is -1.75. The van der Waals surface area contributed by atoms with E-state index in [2.05, 4.69) is 5.32 Å². The van der Waals surface area contributed by atoms with Crippen LogP contribution in [0.5, 0.6) is 5.75 Å². The first-order valence-electron chi connectivity index (χ1n) is 8.72. The smallest absolute Gasteiger partial charge is 0.309 e. The predicted octanol–water partition coefficient (Wildman–Crippen LogP) is 3.60. The number of halogens is 1. The second-order valence-electron chi connectivity index (χ2n) is 6.33. The summed E-state index contributed by atoms with van der Waals surface area (Å²) >= 11 is 0. The summed E-state index contributed by atoms with van der Waals surface area (Å²) in [6, 6.07) is 9.43. The van der Waals surface area contributed by atoms with E-state index >= 15 is 0 Å². The van der Waals surface area contributed by atoms with E-state index in [1.165, 1.54) is 19.1 Å². The number of amides is 1. The zero-order valence-electron chi connectivity index (χ0n) is 16.0. The van der Waals surface area contributed by atoms with Gasteiger partial charge in [0.15, 0.2) is 6.61 Å². The molecule has 6 nitrogen and oxygen atoms in total. The average Bonchev–Trinajstić information content (AvgIpc) is 2.62. The molecule has 0 radical (unpaired) electrons. The number of aryl methyl sites for hydroxylation is 2. The second kappa shape index (κ2) is 9.64. The number of anilines is 1. The van der Waals surface area contributed by atoms with Crippen molar-refractivity contribution in [2.24, 2.45) is 0 Å². The van der Waals surface area contributed by atoms with Gasteiger partial charge in [-0.2, -0.15) is 0 Å². The monoisotopic (exact) mass is 387 g/mol. The molecule has 2 rings (SSSR count). The van der Waals surface area contributed by atoms with Crippen LogP contribution in [0.2, 0.25) is 0 Å². The number of carbonyl (C=O) groups is 3. The Morgan fingerprint density at radius 1 is 1.07 bits per heavy atom. The van der Waals surface area contributed by atoms with Crippen LogP contribution < -0.4 is 10.1 Å². The maximum atomic E-state index is 14.0. The van der Waals surface area contributed by atoms with Gasteiger partial charge in [0.05, 0.1) is 18.6 Å². The van der Waals surface area contributed by atoms with Gasteiger partial charge in [0, 0.05) is 12.6 Å². The van der Waals surface area contributed by atoms with Crippen molar-refractivity contribution in [3.63, 3.8) is 0 Å². The van der Waals surface area contributed by atoms with Gasteiger partial charge >= 0.3 is 5.97 Å². The van der Waals surface area contributed by atoms with Crippen LogP contribution in [-0.2, 0) is 14.3 Å². The number of Topliss-reactive ketones (excluding diaryl/α,β-unsaturated/α-hetero) is 1. The molecule has 148 valence electrons. The van der Waals surface area contributed by atoms with Crippen molar-refractivity contribution in [1.29, 1.82) is 0 Å². The Balaban J connectivity index is 1.81. The first kappa shape index (κ1) is 21.1. The molecule has 0 aromatic heterocycles. The van der Waals surface area contributed by atoms with Crippen molar-refractivity contribution in [2.45, 2.75) is 27.2 Å². The van der Waals surface area contributed by atoms with Gasteiger partial charge in [-0.3, -0.25) is 14.4 Å². The van der Waals surface area contributed by atoms with E-state index in [0.29, 0.717) is 5.75 Å². The number of benzene rings is 2. The predicted molar refractivity (Wildman–Crippen MR) is 102 cm³/mol. The third-order valence-corrected chi connectivity index (χ3v) is 3.86. The van der Waals surface area contributed by atoms with Gasteiger partial charge in [-0.1, -0.05) is 12.1 Å². The van der Waals surface area contributed by atoms with Crippen LogP contribution in [0.4, 0.5) is 10.1 Å². The third-order valence-electron chi connectivity index (χ3n) is 3.86. The molecule has 0 unspecified atom stereocenters. The number of hydrogen-bond donors (Lipinski definition) is 1. The number of hydrogen-bond acceptors (Lipinski definition) is 5. The average molecular weight is 387 g/mol. The quantitative estimate of drug-likeness (QED) is 0.553. The highest BCUT2D eigenvalue weighted by Gasteiger charge is 2.15. The molecule has 2 aromatic rings. The van der Waals surface area contributed by atoms with Crippen LogP contribution in [0.1, 0.15) is 34.8 Å². The lowest BCUT2D eigenvalue weighted by Crippen LogP contribution is -2.17. The molecule has 0 aliphatic rings. The van der Waals surface area contributed by atoms with Crippen molar-refractivity contribution in [3.8, 4) is 5.75 Å². The lowest BCUT2D eigenvalue weighted by atomic mass is 10.1. The van der Waals surface area contributed by atoms with E-state index < -0.39 is 24.2 Å². The Kier molecular flexibility index (Phi) is 7.26. The number of ketones is 1. The lowest BCUT2D eigenvalue weighted by Gasteiger charge is -2.10. The van der Waals surface area contributed by atoms with Gasteiger partial charge in [0.2, 0.25) is 11.7 Å². The van der Waals surface area contributed by atoms with Gasteiger partial charge in [-0.15, -0.1) is 0 Å². The minimum Gasteiger partial charge on any atom is -0.493 e. The molecular weight excluding hydrogens is 365 g/mol. The molecule has 0 atom stereocenters. The van der Waals surface area contributed by atoms with E-state index in [0.717, 1.165) is 17.2 Å². The molecule has 7 heteroatoms. The third kappa shape index (κ3) is 6.19. The largest absolute Gasteiger partial charge is 0.493 e. The van der Waals surface area contributed by atoms with Gasteiger partial charge in [-0.25, -0.2) is 4.39 Å². The first-order valence-corrected chi connectivity index (χ1v) is 8.72. The van der Waals surface area contributed by atoms with Crippen molar-refractivity contribution < 1.29 is 28.2 Å². The molecule has 0 saturated carbocycles. The molecule has 28 heavy (non-hydrogen) atoms. The zero-order chi connectivity index (χ0) is 20.7. The van der Waals surface area contributed by atoms with E-state index in [-0.39, 0.29) is 30.2 Å². The normalized spacial score (nSPS) is 10.3. The summed E-state index contributed by atoms with van der Waals surface area (Å²) in [4.78, 5) is 34.8. The van der Waals surface area contributed by atoms with Crippen LogP contribution in [0, 0.1) is 19.7 Å². The molecule has 1 amide bonds. The molecule has 0 spiro atoms. The Labute approximate surface area is 162 Å². The highest BCUT2D eigenvalue weighted by atomic mass is 19.1. The molecule has 0 saturated heterocycles. The van der Waals surface area contributed by atoms with Crippen LogP contribution in [0.25, 0.3) is 0 Å². The summed E-state index contributed by atoms with van der Waals surface area (Å²) in [5.41, 5.74) is 2.02. The summed E-state index contributed by atoms with van der Waals surface area (Å²) in [7, 11) is 0. The zero-order valence-corrected chi connectivity index (χ0v) is 16.0. The Morgan fingerprint density at radius 3 is 2.50 bits per heavy atom. The van der Waals surface area contributed by atoms with E-state index in [4.69, 9.17) is 9.47 Å². The van der Waals surface area contributed by atoms with Gasteiger partial charge in [0.25, 0.3) is 0 Å². The standard InChI is InChI=1S/C21H22FNO5/c1-13-4-5-14(2)20(10-13)27-9-8-21(26)28-12-19(25)17-7-6-16(11-18(17)22)23-15(3)24/h4-7,10-11H,8-9,12H2,1-3H3,(H,23,24). The van der Waals surface area contributed by atoms with Crippen LogP contribution in [-0.4, -0.2) is 30.9 Å². The summed E-state index contributed by atoms with van der Waals surface area (Å²) < 4.78 is 24.5. The number of esters is 1. The summed E-state index contributed by atoms with van der Waals surface area (Å²) in [6.07, 6.45) is -0.0371. The van der Waals surface area contributed by atoms with Crippen LogP contribution in [0.15, 0.2) is 36.4 Å². The number of ether oxygens (including phenoxy) is 2. The maximum Gasteiger partial charge on any atom is 0.309 e. The molecule has 0 aliphatic heterocycles. The van der Waals surface area contributed by atoms with Gasteiger partial charge in [-0.05, 0) is 49.2 Å². The Morgan fingerprint density at radius 2 is 1.82 bits per heavy atom. The second-order valence-corrected chi connectivity index (χ2v) is 6.33. The first-order chi connectivity index (χ1) is 13.3. The molecule has 0 aliphatic carbocycles. The molecule has 0 bridgehead atoms. The Hall–Kier alpha value is -3.22. The van der Waals surface area contributed by atoms with Crippen LogP contribution in [0.3, 0.4) is 0 Å². The van der Waals surface area contributed by atoms with E-state index in [1.54, 1.807) is 0 Å². The van der Waals surface area contributed by atoms with Crippen molar-refractivity contribution in [2.75, 3.05) is 18.5 Å². The van der Waals surface area contributed by atoms with Crippen molar-refractivity contribution >= 4 is 23.3 Å². The molecule has 1 N–H and O–H groups in total. The molecular formula is C21H22FNO5. The minimum absolute atomic E-state index is 0.0371. The highest BCUT2D eigenvalue weighted by molar-refractivity contribution is 5.99. The van der Waals surface area contributed by atoms with E-state index in [9.17, 15) is 18.8 Å². The molecule has 0 heterocycles. The number of rotatable bonds is 8. The highest BCUT2D eigenvalue weighted by Crippen LogP contribution is 2.19. The minimum atomic E-state index is -0.800. The molecule has 2 aromatic carbocycles. The maximum absolute atomic E-state index is 14.0. The van der Waals surface area contributed by atoms with E-state index in [1.807, 2.05) is 32.0 Å². The van der Waals surface area contributed by atoms with Crippen molar-refractivity contribution in [1.82, 2.24) is 0 Å².